The summed E-state index contributed by atoms with van der Waals surface area (Å²) < 4.78 is 35.0. The number of carbonyl (C=O) groups is 2. The van der Waals surface area contributed by atoms with E-state index in [2.05, 4.69) is 30.7 Å². The van der Waals surface area contributed by atoms with E-state index in [-0.39, 0.29) is 23.5 Å². The Morgan fingerprint density at radius 2 is 1.86 bits per heavy atom. The zero-order chi connectivity index (χ0) is 31.2. The zero-order valence-corrected chi connectivity index (χ0v) is 26.6. The van der Waals surface area contributed by atoms with Crippen LogP contribution in [-0.2, 0) is 21.3 Å². The lowest BCUT2D eigenvalue weighted by Crippen LogP contribution is -2.46. The Balaban J connectivity index is 1.50. The van der Waals surface area contributed by atoms with Gasteiger partial charge < -0.3 is 15.4 Å². The van der Waals surface area contributed by atoms with E-state index >= 15 is 0 Å². The molecule has 3 heterocycles. The SMILES string of the molecule is CC(C)OC(=O)NN1CCC(c2ncc(-c3ccc(NC(=O)NCc4ccccn4)cc3S(=O)(=O)NC(C)(C)C)s2)CC1. The fourth-order valence-corrected chi connectivity index (χ4v) is 7.40. The van der Waals surface area contributed by atoms with Gasteiger partial charge in [-0.3, -0.25) is 10.4 Å². The monoisotopic (exact) mass is 629 g/mol. The normalized spacial score (nSPS) is 14.8. The number of hydrogen-bond donors (Lipinski definition) is 4. The lowest BCUT2D eigenvalue weighted by molar-refractivity contribution is 0.0730. The first-order chi connectivity index (χ1) is 20.3. The summed E-state index contributed by atoms with van der Waals surface area (Å²) >= 11 is 1.45. The van der Waals surface area contributed by atoms with Crippen molar-refractivity contribution in [1.82, 2.24) is 30.4 Å². The molecule has 0 radical (unpaired) electrons. The minimum absolute atomic E-state index is 0.0443. The fraction of sp³-hybridized carbons (Fsp3) is 0.448. The number of rotatable bonds is 9. The maximum atomic E-state index is 13.6. The number of piperidine rings is 1. The molecule has 4 rings (SSSR count). The van der Waals surface area contributed by atoms with E-state index in [0.717, 1.165) is 17.8 Å². The summed E-state index contributed by atoms with van der Waals surface area (Å²) in [5.74, 6) is 0.175. The van der Waals surface area contributed by atoms with Gasteiger partial charge in [0.25, 0.3) is 0 Å². The first-order valence-electron chi connectivity index (χ1n) is 14.1. The van der Waals surface area contributed by atoms with Crippen molar-refractivity contribution in [2.45, 2.75) is 76.5 Å². The first kappa shape index (κ1) is 32.3. The molecule has 4 N–H and O–H groups in total. The van der Waals surface area contributed by atoms with Gasteiger partial charge >= 0.3 is 12.1 Å². The van der Waals surface area contributed by atoms with Gasteiger partial charge in [0.2, 0.25) is 10.0 Å². The maximum Gasteiger partial charge on any atom is 0.422 e. The van der Waals surface area contributed by atoms with Crippen LogP contribution in [0.4, 0.5) is 15.3 Å². The molecule has 0 atom stereocenters. The topological polar surface area (TPSA) is 155 Å². The Kier molecular flexibility index (Phi) is 10.4. The number of aromatic nitrogens is 2. The molecule has 232 valence electrons. The molecule has 0 spiro atoms. The van der Waals surface area contributed by atoms with Crippen LogP contribution in [0, 0.1) is 0 Å². The van der Waals surface area contributed by atoms with Crippen molar-refractivity contribution in [2.24, 2.45) is 0 Å². The fourth-order valence-electron chi connectivity index (χ4n) is 4.54. The van der Waals surface area contributed by atoms with Gasteiger partial charge in [0, 0.05) is 48.2 Å². The highest BCUT2D eigenvalue weighted by atomic mass is 32.2. The highest BCUT2D eigenvalue weighted by Gasteiger charge is 2.28. The van der Waals surface area contributed by atoms with Crippen LogP contribution in [0.25, 0.3) is 10.4 Å². The second-order valence-corrected chi connectivity index (χ2v) is 14.3. The predicted molar refractivity (Wildman–Crippen MR) is 166 cm³/mol. The minimum Gasteiger partial charge on any atom is -0.446 e. The molecule has 0 saturated carbocycles. The van der Waals surface area contributed by atoms with Crippen LogP contribution in [0.5, 0.6) is 0 Å². The van der Waals surface area contributed by atoms with Crippen LogP contribution >= 0.6 is 11.3 Å². The van der Waals surface area contributed by atoms with Crippen LogP contribution in [0.2, 0.25) is 0 Å². The molecule has 2 aromatic heterocycles. The molecule has 0 bridgehead atoms. The summed E-state index contributed by atoms with van der Waals surface area (Å²) in [5.41, 5.74) is 3.58. The number of anilines is 1. The van der Waals surface area contributed by atoms with E-state index in [4.69, 9.17) is 4.74 Å². The summed E-state index contributed by atoms with van der Waals surface area (Å²) in [7, 11) is -3.97. The molecule has 1 fully saturated rings. The quantitative estimate of drug-likeness (QED) is 0.262. The molecule has 1 saturated heterocycles. The maximum absolute atomic E-state index is 13.6. The Bertz CT molecular complexity index is 1510. The van der Waals surface area contributed by atoms with Crippen LogP contribution < -0.4 is 20.8 Å². The van der Waals surface area contributed by atoms with Gasteiger partial charge in [-0.2, -0.15) is 0 Å². The van der Waals surface area contributed by atoms with E-state index < -0.39 is 27.7 Å². The van der Waals surface area contributed by atoms with Crippen LogP contribution in [0.1, 0.15) is 64.1 Å². The van der Waals surface area contributed by atoms with E-state index in [1.165, 1.54) is 17.4 Å². The van der Waals surface area contributed by atoms with E-state index in [1.54, 1.807) is 71.3 Å². The highest BCUT2D eigenvalue weighted by Crippen LogP contribution is 2.38. The van der Waals surface area contributed by atoms with Gasteiger partial charge in [-0.05, 0) is 71.7 Å². The Morgan fingerprint density at radius 3 is 2.51 bits per heavy atom. The molecule has 0 unspecified atom stereocenters. The minimum atomic E-state index is -3.97. The van der Waals surface area contributed by atoms with Gasteiger partial charge in [0.15, 0.2) is 0 Å². The van der Waals surface area contributed by atoms with Crippen molar-refractivity contribution in [3.05, 3.63) is 59.5 Å². The number of carbonyl (C=O) groups excluding carboxylic acids is 2. The summed E-state index contributed by atoms with van der Waals surface area (Å²) in [6.45, 7) is 10.4. The predicted octanol–water partition coefficient (Wildman–Crippen LogP) is 4.83. The number of nitrogens with zero attached hydrogens (tertiary/aromatic N) is 3. The van der Waals surface area contributed by atoms with Crippen molar-refractivity contribution >= 4 is 39.2 Å². The second-order valence-electron chi connectivity index (χ2n) is 11.6. The lowest BCUT2D eigenvalue weighted by Gasteiger charge is -2.30. The molecule has 12 nitrogen and oxygen atoms in total. The summed E-state index contributed by atoms with van der Waals surface area (Å²) in [4.78, 5) is 34.1. The first-order valence-corrected chi connectivity index (χ1v) is 16.4. The summed E-state index contributed by atoms with van der Waals surface area (Å²) in [5, 5.41) is 8.21. The summed E-state index contributed by atoms with van der Waals surface area (Å²) in [6.07, 6.45) is 4.24. The molecule has 14 heteroatoms. The highest BCUT2D eigenvalue weighted by molar-refractivity contribution is 7.89. The number of hydrogen-bond acceptors (Lipinski definition) is 9. The molecule has 3 amide bonds. The number of benzene rings is 1. The zero-order valence-electron chi connectivity index (χ0n) is 25.0. The van der Waals surface area contributed by atoms with Gasteiger partial charge in [0.1, 0.15) is 0 Å². The van der Waals surface area contributed by atoms with Crippen LogP contribution in [0.3, 0.4) is 0 Å². The van der Waals surface area contributed by atoms with Gasteiger partial charge in [-0.15, -0.1) is 11.3 Å². The Labute approximate surface area is 256 Å². The van der Waals surface area contributed by atoms with Crippen molar-refractivity contribution in [2.75, 3.05) is 18.4 Å². The third-order valence-corrected chi connectivity index (χ3v) is 9.34. The smallest absolute Gasteiger partial charge is 0.422 e. The number of pyridine rings is 1. The number of thiazole rings is 1. The van der Waals surface area contributed by atoms with Gasteiger partial charge in [-0.25, -0.2) is 32.7 Å². The van der Waals surface area contributed by atoms with Crippen molar-refractivity contribution in [3.63, 3.8) is 0 Å². The summed E-state index contributed by atoms with van der Waals surface area (Å²) in [6, 6.07) is 9.76. The van der Waals surface area contributed by atoms with E-state index in [9.17, 15) is 18.0 Å². The van der Waals surface area contributed by atoms with Gasteiger partial charge in [-0.1, -0.05) is 12.1 Å². The number of urea groups is 1. The molecule has 1 aliphatic heterocycles. The third-order valence-electron chi connectivity index (χ3n) is 6.35. The number of ether oxygens (including phenoxy) is 1. The Hall–Kier alpha value is -3.59. The van der Waals surface area contributed by atoms with Gasteiger partial charge in [0.05, 0.1) is 33.1 Å². The lowest BCUT2D eigenvalue weighted by atomic mass is 9.99. The average molecular weight is 630 g/mol. The standard InChI is InChI=1S/C29H39N7O5S2/c1-19(2)41-28(38)34-36-14-11-20(12-15-36)26-31-18-24(42-26)23-10-9-21(16-25(23)43(39,40)35-29(3,4)5)33-27(37)32-17-22-8-6-7-13-30-22/h6-10,13,16,18-20,35H,11-12,14-15,17H2,1-5H3,(H,34,38)(H2,32,33,37). The molecular weight excluding hydrogens is 590 g/mol. The molecule has 3 aromatic rings. The molecule has 1 aromatic carbocycles. The van der Waals surface area contributed by atoms with Crippen molar-refractivity contribution in [1.29, 1.82) is 0 Å². The van der Waals surface area contributed by atoms with E-state index in [0.29, 0.717) is 34.9 Å². The average Bonchev–Trinajstić information content (AvgIpc) is 3.41. The number of amides is 3. The molecule has 0 aliphatic carbocycles. The molecular formula is C29H39N7O5S2. The van der Waals surface area contributed by atoms with E-state index in [1.807, 2.05) is 11.1 Å². The number of nitrogens with one attached hydrogen (secondary N) is 4. The second kappa shape index (κ2) is 13.8. The Morgan fingerprint density at radius 1 is 1.12 bits per heavy atom. The van der Waals surface area contributed by atoms with Crippen LogP contribution in [0.15, 0.2) is 53.7 Å². The van der Waals surface area contributed by atoms with Crippen molar-refractivity contribution < 1.29 is 22.7 Å². The van der Waals surface area contributed by atoms with Crippen molar-refractivity contribution in [3.8, 4) is 10.4 Å². The number of sulfonamides is 1. The molecule has 43 heavy (non-hydrogen) atoms. The largest absolute Gasteiger partial charge is 0.446 e. The third kappa shape index (κ3) is 9.45. The van der Waals surface area contributed by atoms with Crippen LogP contribution in [-0.4, -0.2) is 60.3 Å². The molecule has 1 aliphatic rings. The number of hydrazine groups is 1.